The first-order chi connectivity index (χ1) is 9.09. The lowest BCUT2D eigenvalue weighted by molar-refractivity contribution is -0.125. The minimum Gasteiger partial charge on any atom is -0.349 e. The Morgan fingerprint density at radius 3 is 2.74 bits per heavy atom. The molecule has 19 heavy (non-hydrogen) atoms. The molecule has 0 radical (unpaired) electrons. The third kappa shape index (κ3) is 2.98. The molecule has 1 aliphatic heterocycles. The number of benzene rings is 1. The van der Waals surface area contributed by atoms with Gasteiger partial charge in [0.1, 0.15) is 6.04 Å². The minimum absolute atomic E-state index is 0.0957. The van der Waals surface area contributed by atoms with Crippen molar-refractivity contribution in [3.8, 4) is 0 Å². The van der Waals surface area contributed by atoms with E-state index in [1.54, 1.807) is 0 Å². The highest BCUT2D eigenvalue weighted by molar-refractivity contribution is 5.84. The molecule has 1 aromatic rings. The Morgan fingerprint density at radius 2 is 2.05 bits per heavy atom. The zero-order valence-electron chi connectivity index (χ0n) is 12.1. The van der Waals surface area contributed by atoms with Crippen molar-refractivity contribution in [2.75, 3.05) is 6.54 Å². The zero-order valence-corrected chi connectivity index (χ0v) is 12.1. The quantitative estimate of drug-likeness (QED) is 0.873. The second kappa shape index (κ2) is 5.74. The fourth-order valence-corrected chi connectivity index (χ4v) is 2.53. The summed E-state index contributed by atoms with van der Waals surface area (Å²) in [6.45, 7) is 7.21. The minimum atomic E-state index is -0.206. The average Bonchev–Trinajstić information content (AvgIpc) is 2.46. The van der Waals surface area contributed by atoms with Crippen LogP contribution in [0.15, 0.2) is 24.3 Å². The van der Waals surface area contributed by atoms with Crippen molar-refractivity contribution in [1.29, 1.82) is 0 Å². The van der Waals surface area contributed by atoms with E-state index in [2.05, 4.69) is 43.5 Å². The molecule has 2 rings (SSSR count). The second-order valence-corrected chi connectivity index (χ2v) is 5.59. The van der Waals surface area contributed by atoms with Crippen LogP contribution in [0.3, 0.4) is 0 Å². The van der Waals surface area contributed by atoms with Gasteiger partial charge in [-0.3, -0.25) is 4.79 Å². The molecule has 0 fully saturated rings. The second-order valence-electron chi connectivity index (χ2n) is 5.59. The van der Waals surface area contributed by atoms with Gasteiger partial charge in [0.25, 0.3) is 0 Å². The summed E-state index contributed by atoms with van der Waals surface area (Å²) in [6, 6.07) is 8.02. The number of hydrogen-bond acceptors (Lipinski definition) is 2. The molecule has 1 aliphatic rings. The number of amides is 1. The van der Waals surface area contributed by atoms with Gasteiger partial charge in [-0.15, -0.1) is 0 Å². The van der Waals surface area contributed by atoms with Crippen molar-refractivity contribution >= 4 is 5.91 Å². The Hall–Kier alpha value is -1.35. The zero-order chi connectivity index (χ0) is 13.9. The molecule has 3 heteroatoms. The Bertz CT molecular complexity index is 452. The summed E-state index contributed by atoms with van der Waals surface area (Å²) in [5.74, 6) is 0.0957. The number of fused-ring (bicyclic) bond motifs is 1. The molecule has 1 atom stereocenters. The summed E-state index contributed by atoms with van der Waals surface area (Å²) in [5, 5.41) is 6.54. The lowest BCUT2D eigenvalue weighted by atomic mass is 9.91. The molecule has 0 saturated carbocycles. The lowest BCUT2D eigenvalue weighted by Gasteiger charge is -2.33. The van der Waals surface area contributed by atoms with Gasteiger partial charge in [0.2, 0.25) is 5.91 Å². The van der Waals surface area contributed by atoms with Crippen LogP contribution < -0.4 is 10.6 Å². The molecular weight excluding hydrogens is 236 g/mol. The SMILES string of the molecule is CCC(C)(CC)NC(=O)C1NCCc2ccccc21. The monoisotopic (exact) mass is 260 g/mol. The predicted octanol–water partition coefficient (Wildman–Crippen LogP) is 2.57. The highest BCUT2D eigenvalue weighted by atomic mass is 16.2. The van der Waals surface area contributed by atoms with E-state index in [-0.39, 0.29) is 17.5 Å². The van der Waals surface area contributed by atoms with Crippen molar-refractivity contribution < 1.29 is 4.79 Å². The van der Waals surface area contributed by atoms with Gasteiger partial charge in [-0.1, -0.05) is 38.1 Å². The molecule has 1 amide bonds. The normalized spacial score (nSPS) is 18.8. The van der Waals surface area contributed by atoms with Gasteiger partial charge in [-0.2, -0.15) is 0 Å². The molecule has 0 aromatic heterocycles. The van der Waals surface area contributed by atoms with Crippen molar-refractivity contribution in [3.63, 3.8) is 0 Å². The van der Waals surface area contributed by atoms with Crippen LogP contribution in [-0.2, 0) is 11.2 Å². The van der Waals surface area contributed by atoms with E-state index in [0.717, 1.165) is 31.4 Å². The predicted molar refractivity (Wildman–Crippen MR) is 78.0 cm³/mol. The molecule has 104 valence electrons. The standard InChI is InChI=1S/C16H24N2O/c1-4-16(3,5-2)18-15(19)14-13-9-7-6-8-12(13)10-11-17-14/h6-9,14,17H,4-5,10-11H2,1-3H3,(H,18,19). The summed E-state index contributed by atoms with van der Waals surface area (Å²) >= 11 is 0. The van der Waals surface area contributed by atoms with E-state index in [9.17, 15) is 4.79 Å². The van der Waals surface area contributed by atoms with Crippen LogP contribution in [0.5, 0.6) is 0 Å². The van der Waals surface area contributed by atoms with Crippen molar-refractivity contribution in [1.82, 2.24) is 10.6 Å². The Labute approximate surface area is 115 Å². The fourth-order valence-electron chi connectivity index (χ4n) is 2.53. The van der Waals surface area contributed by atoms with Gasteiger partial charge in [-0.05, 0) is 37.3 Å². The maximum atomic E-state index is 12.5. The van der Waals surface area contributed by atoms with Crippen LogP contribution in [0.1, 0.15) is 50.8 Å². The van der Waals surface area contributed by atoms with Crippen LogP contribution in [0.2, 0.25) is 0 Å². The highest BCUT2D eigenvalue weighted by Crippen LogP contribution is 2.24. The molecule has 1 aromatic carbocycles. The van der Waals surface area contributed by atoms with Crippen molar-refractivity contribution in [2.45, 2.75) is 51.6 Å². The van der Waals surface area contributed by atoms with E-state index in [1.165, 1.54) is 5.56 Å². The summed E-state index contributed by atoms with van der Waals surface area (Å²) in [7, 11) is 0. The van der Waals surface area contributed by atoms with Gasteiger partial charge in [0.05, 0.1) is 0 Å². The maximum Gasteiger partial charge on any atom is 0.242 e. The Balaban J connectivity index is 2.17. The Kier molecular flexibility index (Phi) is 4.25. The van der Waals surface area contributed by atoms with E-state index < -0.39 is 0 Å². The first-order valence-electron chi connectivity index (χ1n) is 7.23. The summed E-state index contributed by atoms with van der Waals surface area (Å²) in [4.78, 5) is 12.5. The van der Waals surface area contributed by atoms with Crippen LogP contribution in [0.4, 0.5) is 0 Å². The van der Waals surface area contributed by atoms with Crippen molar-refractivity contribution in [3.05, 3.63) is 35.4 Å². The van der Waals surface area contributed by atoms with Crippen molar-refractivity contribution in [2.24, 2.45) is 0 Å². The van der Waals surface area contributed by atoms with Crippen LogP contribution in [0.25, 0.3) is 0 Å². The maximum absolute atomic E-state index is 12.5. The summed E-state index contributed by atoms with van der Waals surface area (Å²) < 4.78 is 0. The average molecular weight is 260 g/mol. The topological polar surface area (TPSA) is 41.1 Å². The van der Waals surface area contributed by atoms with Crippen LogP contribution in [-0.4, -0.2) is 18.0 Å². The highest BCUT2D eigenvalue weighted by Gasteiger charge is 2.30. The Morgan fingerprint density at radius 1 is 1.37 bits per heavy atom. The molecule has 0 aliphatic carbocycles. The number of hydrogen-bond donors (Lipinski definition) is 2. The van der Waals surface area contributed by atoms with Gasteiger partial charge in [0, 0.05) is 12.1 Å². The lowest BCUT2D eigenvalue weighted by Crippen LogP contribution is -2.50. The molecule has 1 heterocycles. The molecule has 0 spiro atoms. The van der Waals surface area contributed by atoms with E-state index in [1.807, 2.05) is 12.1 Å². The molecular formula is C16H24N2O. The number of carbonyl (C=O) groups excluding carboxylic acids is 1. The summed E-state index contributed by atoms with van der Waals surface area (Å²) in [6.07, 6.45) is 2.89. The number of rotatable bonds is 4. The molecule has 2 N–H and O–H groups in total. The van der Waals surface area contributed by atoms with Crippen LogP contribution >= 0.6 is 0 Å². The van der Waals surface area contributed by atoms with Gasteiger partial charge in [-0.25, -0.2) is 0 Å². The molecule has 1 unspecified atom stereocenters. The molecule has 3 nitrogen and oxygen atoms in total. The van der Waals surface area contributed by atoms with Gasteiger partial charge >= 0.3 is 0 Å². The van der Waals surface area contributed by atoms with Gasteiger partial charge in [0.15, 0.2) is 0 Å². The van der Waals surface area contributed by atoms with E-state index in [0.29, 0.717) is 0 Å². The van der Waals surface area contributed by atoms with E-state index >= 15 is 0 Å². The fraction of sp³-hybridized carbons (Fsp3) is 0.562. The first-order valence-corrected chi connectivity index (χ1v) is 7.23. The largest absolute Gasteiger partial charge is 0.349 e. The first kappa shape index (κ1) is 14.1. The summed E-state index contributed by atoms with van der Waals surface area (Å²) in [5.41, 5.74) is 2.31. The van der Waals surface area contributed by atoms with Gasteiger partial charge < -0.3 is 10.6 Å². The smallest absolute Gasteiger partial charge is 0.242 e. The third-order valence-corrected chi connectivity index (χ3v) is 4.36. The third-order valence-electron chi connectivity index (χ3n) is 4.36. The molecule has 0 saturated heterocycles. The van der Waals surface area contributed by atoms with Crippen LogP contribution in [0, 0.1) is 0 Å². The number of carbonyl (C=O) groups is 1. The molecule has 0 bridgehead atoms. The number of nitrogens with one attached hydrogen (secondary N) is 2. The van der Waals surface area contributed by atoms with E-state index in [4.69, 9.17) is 0 Å².